The van der Waals surface area contributed by atoms with Crippen LogP contribution in [0, 0.1) is 0 Å². The van der Waals surface area contributed by atoms with E-state index in [0.717, 1.165) is 10.0 Å². The second kappa shape index (κ2) is 7.13. The van der Waals surface area contributed by atoms with Crippen LogP contribution in [0.4, 0.5) is 8.78 Å². The number of alkyl halides is 2. The van der Waals surface area contributed by atoms with Gasteiger partial charge in [0.25, 0.3) is 6.43 Å². The molecule has 21 heavy (non-hydrogen) atoms. The average Bonchev–Trinajstić information content (AvgIpc) is 2.82. The van der Waals surface area contributed by atoms with Gasteiger partial charge in [0, 0.05) is 22.6 Å². The number of benzene rings is 1. The van der Waals surface area contributed by atoms with Crippen molar-refractivity contribution in [3.8, 4) is 0 Å². The molecule has 0 aliphatic heterocycles. The molecule has 0 atom stereocenters. The number of hydrogen-bond acceptors (Lipinski definition) is 2. The van der Waals surface area contributed by atoms with E-state index in [1.807, 2.05) is 38.1 Å². The fraction of sp³-hybridized carbons (Fsp3) is 0.400. The van der Waals surface area contributed by atoms with Crippen molar-refractivity contribution < 1.29 is 8.78 Å². The summed E-state index contributed by atoms with van der Waals surface area (Å²) in [5.41, 5.74) is 1.45. The van der Waals surface area contributed by atoms with Gasteiger partial charge in [-0.3, -0.25) is 4.68 Å². The third kappa shape index (κ3) is 4.11. The molecule has 0 amide bonds. The first kappa shape index (κ1) is 16.1. The lowest BCUT2D eigenvalue weighted by molar-refractivity contribution is 0.138. The summed E-state index contributed by atoms with van der Waals surface area (Å²) < 4.78 is 29.0. The summed E-state index contributed by atoms with van der Waals surface area (Å²) in [6, 6.07) is 7.80. The molecule has 0 spiro atoms. The Kier molecular flexibility index (Phi) is 5.47. The van der Waals surface area contributed by atoms with Gasteiger partial charge in [0.05, 0.1) is 12.7 Å². The van der Waals surface area contributed by atoms with Crippen LogP contribution in [-0.4, -0.2) is 15.8 Å². The van der Waals surface area contributed by atoms with Crippen molar-refractivity contribution in [1.82, 2.24) is 15.1 Å². The molecule has 1 aromatic carbocycles. The van der Waals surface area contributed by atoms with Crippen LogP contribution in [0.3, 0.4) is 0 Å². The van der Waals surface area contributed by atoms with Crippen LogP contribution in [0.1, 0.15) is 37.1 Å². The van der Waals surface area contributed by atoms with Crippen LogP contribution in [0.15, 0.2) is 34.9 Å². The molecular formula is C15H18BrF2N3. The topological polar surface area (TPSA) is 29.9 Å². The van der Waals surface area contributed by atoms with Gasteiger partial charge in [-0.2, -0.15) is 5.10 Å². The Balaban J connectivity index is 2.25. The molecular weight excluding hydrogens is 340 g/mol. The number of nitrogens with zero attached hydrogens (tertiary/aromatic N) is 2. The fourth-order valence-electron chi connectivity index (χ4n) is 2.05. The highest BCUT2D eigenvalue weighted by Gasteiger charge is 2.20. The molecule has 0 fully saturated rings. The van der Waals surface area contributed by atoms with Gasteiger partial charge >= 0.3 is 0 Å². The molecule has 0 saturated carbocycles. The number of nitrogens with one attached hydrogen (secondary N) is 1. The number of rotatable bonds is 6. The molecule has 3 nitrogen and oxygen atoms in total. The van der Waals surface area contributed by atoms with Crippen molar-refractivity contribution in [1.29, 1.82) is 0 Å². The van der Waals surface area contributed by atoms with Crippen LogP contribution < -0.4 is 5.32 Å². The molecule has 2 rings (SSSR count). The maximum absolute atomic E-state index is 13.3. The summed E-state index contributed by atoms with van der Waals surface area (Å²) in [5, 5.41) is 7.28. The number of halogens is 3. The molecule has 6 heteroatoms. The predicted molar refractivity (Wildman–Crippen MR) is 82.4 cm³/mol. The fourth-order valence-corrected chi connectivity index (χ4v) is 2.46. The third-order valence-electron chi connectivity index (χ3n) is 3.15. The molecule has 0 saturated heterocycles. The van der Waals surface area contributed by atoms with Crippen LogP contribution in [0.2, 0.25) is 0 Å². The van der Waals surface area contributed by atoms with Crippen LogP contribution >= 0.6 is 15.9 Å². The highest BCUT2D eigenvalue weighted by molar-refractivity contribution is 9.10. The van der Waals surface area contributed by atoms with Gasteiger partial charge in [-0.05, 0) is 11.6 Å². The first-order valence-electron chi connectivity index (χ1n) is 6.78. The molecule has 1 heterocycles. The highest BCUT2D eigenvalue weighted by Crippen LogP contribution is 2.25. The molecule has 0 aliphatic carbocycles. The van der Waals surface area contributed by atoms with Gasteiger partial charge in [0.15, 0.2) is 0 Å². The molecule has 0 bridgehead atoms. The Morgan fingerprint density at radius 3 is 2.57 bits per heavy atom. The van der Waals surface area contributed by atoms with E-state index >= 15 is 0 Å². The van der Waals surface area contributed by atoms with Crippen molar-refractivity contribution in [2.24, 2.45) is 0 Å². The highest BCUT2D eigenvalue weighted by atomic mass is 79.9. The molecule has 0 aliphatic rings. The van der Waals surface area contributed by atoms with E-state index in [0.29, 0.717) is 18.7 Å². The predicted octanol–water partition coefficient (Wildman–Crippen LogP) is 4.13. The van der Waals surface area contributed by atoms with Gasteiger partial charge in [-0.15, -0.1) is 0 Å². The van der Waals surface area contributed by atoms with E-state index in [2.05, 4.69) is 26.3 Å². The SMILES string of the molecule is CC(C)NCc1cnn(Cc2ccccc2Br)c1C(F)F. The zero-order valence-electron chi connectivity index (χ0n) is 12.0. The second-order valence-electron chi connectivity index (χ2n) is 5.14. The Morgan fingerprint density at radius 1 is 1.24 bits per heavy atom. The van der Waals surface area contributed by atoms with Crippen molar-refractivity contribution in [3.05, 3.63) is 51.8 Å². The van der Waals surface area contributed by atoms with Crippen LogP contribution in [-0.2, 0) is 13.1 Å². The average molecular weight is 358 g/mol. The zero-order chi connectivity index (χ0) is 15.4. The summed E-state index contributed by atoms with van der Waals surface area (Å²) in [6.07, 6.45) is -1.02. The molecule has 1 N–H and O–H groups in total. The Labute approximate surface area is 131 Å². The van der Waals surface area contributed by atoms with Gasteiger partial charge in [0.1, 0.15) is 5.69 Å². The monoisotopic (exact) mass is 357 g/mol. The molecule has 0 unspecified atom stereocenters. The summed E-state index contributed by atoms with van der Waals surface area (Å²) in [4.78, 5) is 0. The van der Waals surface area contributed by atoms with E-state index < -0.39 is 6.43 Å². The van der Waals surface area contributed by atoms with E-state index in [4.69, 9.17) is 0 Å². The molecule has 114 valence electrons. The third-order valence-corrected chi connectivity index (χ3v) is 3.92. The minimum atomic E-state index is -2.54. The van der Waals surface area contributed by atoms with Crippen molar-refractivity contribution in [2.75, 3.05) is 0 Å². The number of aromatic nitrogens is 2. The zero-order valence-corrected chi connectivity index (χ0v) is 13.6. The van der Waals surface area contributed by atoms with Crippen LogP contribution in [0.25, 0.3) is 0 Å². The lowest BCUT2D eigenvalue weighted by Crippen LogP contribution is -2.22. The second-order valence-corrected chi connectivity index (χ2v) is 5.99. The van der Waals surface area contributed by atoms with E-state index in [9.17, 15) is 8.78 Å². The largest absolute Gasteiger partial charge is 0.310 e. The molecule has 0 radical (unpaired) electrons. The lowest BCUT2D eigenvalue weighted by Gasteiger charge is -2.12. The smallest absolute Gasteiger partial charge is 0.280 e. The van der Waals surface area contributed by atoms with E-state index in [1.54, 1.807) is 0 Å². The summed E-state index contributed by atoms with van der Waals surface area (Å²) >= 11 is 3.43. The van der Waals surface area contributed by atoms with Gasteiger partial charge in [0.2, 0.25) is 0 Å². The summed E-state index contributed by atoms with van der Waals surface area (Å²) in [6.45, 7) is 4.68. The minimum Gasteiger partial charge on any atom is -0.310 e. The van der Waals surface area contributed by atoms with E-state index in [-0.39, 0.29) is 11.7 Å². The normalized spacial score (nSPS) is 11.6. The van der Waals surface area contributed by atoms with Crippen molar-refractivity contribution in [2.45, 2.75) is 39.4 Å². The van der Waals surface area contributed by atoms with Gasteiger partial charge < -0.3 is 5.32 Å². The molecule has 1 aromatic heterocycles. The first-order valence-corrected chi connectivity index (χ1v) is 7.58. The van der Waals surface area contributed by atoms with Gasteiger partial charge in [-0.25, -0.2) is 8.78 Å². The Hall–Kier alpha value is -1.27. The Bertz CT molecular complexity index is 596. The first-order chi connectivity index (χ1) is 9.99. The standard InChI is InChI=1S/C15H18BrF2N3/c1-10(2)19-7-12-8-20-21(14(12)15(17)18)9-11-5-3-4-6-13(11)16/h3-6,8,10,15,19H,7,9H2,1-2H3. The maximum atomic E-state index is 13.3. The van der Waals surface area contributed by atoms with E-state index in [1.165, 1.54) is 10.9 Å². The van der Waals surface area contributed by atoms with Gasteiger partial charge in [-0.1, -0.05) is 48.0 Å². The van der Waals surface area contributed by atoms with Crippen LogP contribution in [0.5, 0.6) is 0 Å². The van der Waals surface area contributed by atoms with Crippen molar-refractivity contribution in [3.63, 3.8) is 0 Å². The number of hydrogen-bond donors (Lipinski definition) is 1. The summed E-state index contributed by atoms with van der Waals surface area (Å²) in [5.74, 6) is 0. The summed E-state index contributed by atoms with van der Waals surface area (Å²) in [7, 11) is 0. The van der Waals surface area contributed by atoms with Crippen molar-refractivity contribution >= 4 is 15.9 Å². The maximum Gasteiger partial charge on any atom is 0.280 e. The molecule has 2 aromatic rings. The Morgan fingerprint density at radius 2 is 1.95 bits per heavy atom. The minimum absolute atomic E-state index is 0.0149. The quantitative estimate of drug-likeness (QED) is 0.842. The lowest BCUT2D eigenvalue weighted by atomic mass is 10.2.